The van der Waals surface area contributed by atoms with Gasteiger partial charge in [0.05, 0.1) is 27.9 Å². The molecule has 3 heterocycles. The number of para-hydroxylation sites is 1. The lowest BCUT2D eigenvalue weighted by molar-refractivity contribution is 0.474. The first-order valence-electron chi connectivity index (χ1n) is 14.2. The number of anilines is 1. The third-order valence-electron chi connectivity index (χ3n) is 7.81. The predicted molar refractivity (Wildman–Crippen MR) is 173 cm³/mol. The van der Waals surface area contributed by atoms with E-state index < -0.39 is 21.5 Å². The molecule has 0 saturated carbocycles. The summed E-state index contributed by atoms with van der Waals surface area (Å²) in [4.78, 5) is 4.75. The number of ether oxygens (including phenoxy) is 1. The summed E-state index contributed by atoms with van der Waals surface area (Å²) in [6.07, 6.45) is 3.68. The molecule has 0 radical (unpaired) electrons. The minimum atomic E-state index is -4.19. The van der Waals surface area contributed by atoms with Crippen molar-refractivity contribution in [2.24, 2.45) is 9.50 Å². The Balaban J connectivity index is 1.54. The summed E-state index contributed by atoms with van der Waals surface area (Å²) in [5.41, 5.74) is 3.42. The highest BCUT2D eigenvalue weighted by molar-refractivity contribution is 7.90. The normalized spacial score (nSPS) is 20.4. The van der Waals surface area contributed by atoms with E-state index in [4.69, 9.17) is 9.84 Å². The van der Waals surface area contributed by atoms with Gasteiger partial charge in [-0.15, -0.1) is 4.40 Å². The molecule has 7 rings (SSSR count). The van der Waals surface area contributed by atoms with Gasteiger partial charge in [0.25, 0.3) is 10.0 Å². The van der Waals surface area contributed by atoms with Gasteiger partial charge in [0.15, 0.2) is 5.54 Å². The van der Waals surface area contributed by atoms with E-state index in [9.17, 15) is 8.42 Å². The molecule has 1 aromatic heterocycles. The fourth-order valence-corrected chi connectivity index (χ4v) is 6.72. The van der Waals surface area contributed by atoms with Crippen molar-refractivity contribution in [3.8, 4) is 0 Å². The number of rotatable bonds is 6. The first-order chi connectivity index (χ1) is 21.5. The number of benzene rings is 4. The molecule has 2 aliphatic rings. The van der Waals surface area contributed by atoms with Gasteiger partial charge in [-0.05, 0) is 55.0 Å². The summed E-state index contributed by atoms with van der Waals surface area (Å²) in [7, 11) is -4.19. The summed E-state index contributed by atoms with van der Waals surface area (Å²) in [6.45, 7) is 1.91. The van der Waals surface area contributed by atoms with Crippen LogP contribution in [0.5, 0.6) is 0 Å². The quantitative estimate of drug-likeness (QED) is 0.211. The Bertz CT molecular complexity index is 2000. The van der Waals surface area contributed by atoms with E-state index in [1.54, 1.807) is 30.5 Å². The van der Waals surface area contributed by atoms with Gasteiger partial charge in [0, 0.05) is 11.8 Å². The first-order valence-corrected chi connectivity index (χ1v) is 15.7. The van der Waals surface area contributed by atoms with Crippen molar-refractivity contribution in [2.75, 3.05) is 5.01 Å². The van der Waals surface area contributed by atoms with Gasteiger partial charge in [-0.3, -0.25) is 4.98 Å². The lowest BCUT2D eigenvalue weighted by Crippen LogP contribution is -2.51. The molecule has 5 aromatic rings. The molecule has 8 heteroatoms. The van der Waals surface area contributed by atoms with E-state index >= 15 is 0 Å². The first kappa shape index (κ1) is 27.5. The number of hydrazone groups is 1. The lowest BCUT2D eigenvalue weighted by atomic mass is 9.75. The number of hydrogen-bond donors (Lipinski definition) is 0. The van der Waals surface area contributed by atoms with Gasteiger partial charge in [-0.25, -0.2) is 5.01 Å². The molecule has 0 amide bonds. The van der Waals surface area contributed by atoms with Crippen molar-refractivity contribution in [3.63, 3.8) is 0 Å². The fraction of sp³-hybridized carbons (Fsp3) is 0.0833. The van der Waals surface area contributed by atoms with E-state index in [1.165, 1.54) is 0 Å². The van der Waals surface area contributed by atoms with E-state index in [-0.39, 0.29) is 10.8 Å². The second-order valence-corrected chi connectivity index (χ2v) is 12.3. The van der Waals surface area contributed by atoms with Crippen LogP contribution in [0.1, 0.15) is 28.3 Å². The zero-order valence-corrected chi connectivity index (χ0v) is 24.7. The van der Waals surface area contributed by atoms with Crippen LogP contribution in [-0.4, -0.2) is 30.6 Å². The fourth-order valence-electron chi connectivity index (χ4n) is 5.73. The summed E-state index contributed by atoms with van der Waals surface area (Å²) in [6, 6.07) is 41.5. The highest BCUT2D eigenvalue weighted by Gasteiger charge is 2.60. The van der Waals surface area contributed by atoms with Crippen molar-refractivity contribution in [1.82, 2.24) is 4.98 Å². The van der Waals surface area contributed by atoms with Crippen molar-refractivity contribution < 1.29 is 13.2 Å². The van der Waals surface area contributed by atoms with Crippen LogP contribution in [0.15, 0.2) is 160 Å². The van der Waals surface area contributed by atoms with Gasteiger partial charge < -0.3 is 4.74 Å². The molecule has 0 fully saturated rings. The van der Waals surface area contributed by atoms with Gasteiger partial charge in [-0.1, -0.05) is 103 Å². The van der Waals surface area contributed by atoms with Crippen molar-refractivity contribution in [3.05, 3.63) is 168 Å². The van der Waals surface area contributed by atoms with Crippen molar-refractivity contribution >= 4 is 33.1 Å². The average Bonchev–Trinajstić information content (AvgIpc) is 3.61. The molecule has 1 spiro atoms. The van der Waals surface area contributed by atoms with E-state index in [1.807, 2.05) is 127 Å². The number of sulfonamides is 1. The number of hydrogen-bond acceptors (Lipinski definition) is 6. The Hall–Kier alpha value is -5.34. The minimum absolute atomic E-state index is 0.00400. The second kappa shape index (κ2) is 11.1. The molecule has 0 N–H and O–H groups in total. The summed E-state index contributed by atoms with van der Waals surface area (Å²) >= 11 is 0. The summed E-state index contributed by atoms with van der Waals surface area (Å²) in [5.74, 6) is -0.0425. The smallest absolute Gasteiger partial charge is 0.285 e. The SMILES string of the molecule is Cc1ccc(S(=O)(=O)N=C2OC(c3ccccc3)=CC23C(c2ccccc2)C(c2ccccn2)=NN3c2ccccc2)cc1. The van der Waals surface area contributed by atoms with Crippen molar-refractivity contribution in [1.29, 1.82) is 0 Å². The zero-order valence-electron chi connectivity index (χ0n) is 23.9. The maximum Gasteiger partial charge on any atom is 0.285 e. The highest BCUT2D eigenvalue weighted by Crippen LogP contribution is 2.51. The molecule has 0 aliphatic carbocycles. The van der Waals surface area contributed by atoms with Crippen LogP contribution in [0, 0.1) is 6.92 Å². The van der Waals surface area contributed by atoms with Gasteiger partial charge >= 0.3 is 0 Å². The maximum atomic E-state index is 14.0. The molecule has 44 heavy (non-hydrogen) atoms. The molecule has 0 saturated heterocycles. The van der Waals surface area contributed by atoms with Crippen molar-refractivity contribution in [2.45, 2.75) is 23.3 Å². The topological polar surface area (TPSA) is 84.2 Å². The van der Waals surface area contributed by atoms with E-state index in [2.05, 4.69) is 9.38 Å². The monoisotopic (exact) mass is 596 g/mol. The van der Waals surface area contributed by atoms with Gasteiger partial charge in [0.1, 0.15) is 5.76 Å². The molecule has 2 aliphatic heterocycles. The molecule has 2 atom stereocenters. The number of aryl methyl sites for hydroxylation is 1. The third-order valence-corrected chi connectivity index (χ3v) is 9.09. The van der Waals surface area contributed by atoms with Crippen LogP contribution in [0.4, 0.5) is 5.69 Å². The highest BCUT2D eigenvalue weighted by atomic mass is 32.2. The van der Waals surface area contributed by atoms with Crippen LogP contribution in [0.2, 0.25) is 0 Å². The minimum Gasteiger partial charge on any atom is -0.439 e. The second-order valence-electron chi connectivity index (χ2n) is 10.7. The van der Waals surface area contributed by atoms with E-state index in [0.29, 0.717) is 17.2 Å². The summed E-state index contributed by atoms with van der Waals surface area (Å²) in [5, 5.41) is 7.03. The average molecular weight is 597 g/mol. The molecule has 4 aromatic carbocycles. The van der Waals surface area contributed by atoms with Crippen LogP contribution in [0.25, 0.3) is 5.76 Å². The predicted octanol–water partition coefficient (Wildman–Crippen LogP) is 7.00. The Labute approximate surface area is 256 Å². The van der Waals surface area contributed by atoms with Crippen LogP contribution < -0.4 is 5.01 Å². The lowest BCUT2D eigenvalue weighted by Gasteiger charge is -2.36. The van der Waals surface area contributed by atoms with Crippen LogP contribution in [0.3, 0.4) is 0 Å². The maximum absolute atomic E-state index is 14.0. The number of aromatic nitrogens is 1. The molecule has 216 valence electrons. The Morgan fingerprint density at radius 2 is 1.41 bits per heavy atom. The molecule has 0 bridgehead atoms. The molecular formula is C36H28N4O3S. The third kappa shape index (κ3) is 4.79. The van der Waals surface area contributed by atoms with Gasteiger partial charge in [0.2, 0.25) is 5.90 Å². The number of nitrogens with zero attached hydrogens (tertiary/aromatic N) is 4. The Kier molecular flexibility index (Phi) is 6.91. The zero-order chi connectivity index (χ0) is 30.1. The standard InChI is InChI=1S/C36H28N4O3S/c1-26-20-22-30(23-21-26)44(41,42)39-35-36(25-32(43-35)27-13-5-2-6-14-27)33(28-15-7-3-8-16-28)34(31-19-11-12-24-37-31)38-40(36)29-17-9-4-10-18-29/h2-25,33H,1H3. The van der Waals surface area contributed by atoms with Crippen LogP contribution in [-0.2, 0) is 14.8 Å². The molecule has 7 nitrogen and oxygen atoms in total. The summed E-state index contributed by atoms with van der Waals surface area (Å²) < 4.78 is 39.0. The largest absolute Gasteiger partial charge is 0.439 e. The Morgan fingerprint density at radius 3 is 2.07 bits per heavy atom. The number of pyridine rings is 1. The molecular weight excluding hydrogens is 568 g/mol. The van der Waals surface area contributed by atoms with E-state index in [0.717, 1.165) is 22.4 Å². The molecule has 2 unspecified atom stereocenters. The van der Waals surface area contributed by atoms with Crippen LogP contribution >= 0.6 is 0 Å². The Morgan fingerprint density at radius 1 is 0.773 bits per heavy atom. The van der Waals surface area contributed by atoms with Gasteiger partial charge in [-0.2, -0.15) is 13.5 Å².